The van der Waals surface area contributed by atoms with Gasteiger partial charge < -0.3 is 10.0 Å². The Balaban J connectivity index is 1.83. The van der Waals surface area contributed by atoms with E-state index in [1.54, 1.807) is 47.4 Å². The summed E-state index contributed by atoms with van der Waals surface area (Å²) in [6.45, 7) is 0.236. The first kappa shape index (κ1) is 20.5. The highest BCUT2D eigenvalue weighted by atomic mass is 19.1. The maximum absolute atomic E-state index is 14.4. The molecule has 0 heterocycles. The van der Waals surface area contributed by atoms with Crippen molar-refractivity contribution in [3.63, 3.8) is 0 Å². The first-order valence-corrected chi connectivity index (χ1v) is 9.98. The van der Waals surface area contributed by atoms with E-state index in [1.807, 2.05) is 30.3 Å². The van der Waals surface area contributed by atoms with E-state index in [-0.39, 0.29) is 24.6 Å². The van der Waals surface area contributed by atoms with Crippen LogP contribution in [0, 0.1) is 11.6 Å². The van der Waals surface area contributed by atoms with E-state index in [2.05, 4.69) is 0 Å². The fraction of sp³-hybridized carbons (Fsp3) is 0.115. The highest BCUT2D eigenvalue weighted by molar-refractivity contribution is 5.96. The summed E-state index contributed by atoms with van der Waals surface area (Å²) in [6.07, 6.45) is 0.267. The molecule has 4 aromatic rings. The standard InChI is InChI=1S/C26H21F2NO2/c27-20-12-10-19(11-13-20)17-29(25(26(30)31)16-18-6-2-1-3-7-18)24-15-14-23(28)21-8-4-5-9-22(21)24/h1-15,25H,16-17H2,(H,30,31)/t25-/m0/s1. The molecule has 0 spiro atoms. The summed E-state index contributed by atoms with van der Waals surface area (Å²) in [5.41, 5.74) is 2.25. The molecule has 0 unspecified atom stereocenters. The van der Waals surface area contributed by atoms with Crippen LogP contribution in [0.15, 0.2) is 91.0 Å². The molecule has 0 bridgehead atoms. The van der Waals surface area contributed by atoms with Crippen LogP contribution >= 0.6 is 0 Å². The maximum atomic E-state index is 14.4. The number of carboxylic acid groups (broad SMARTS) is 1. The van der Waals surface area contributed by atoms with Crippen molar-refractivity contribution >= 4 is 22.4 Å². The molecule has 4 rings (SSSR count). The molecular formula is C26H21F2NO2. The van der Waals surface area contributed by atoms with Gasteiger partial charge in [0.05, 0.1) is 0 Å². The lowest BCUT2D eigenvalue weighted by molar-refractivity contribution is -0.138. The Hall–Kier alpha value is -3.73. The molecule has 1 atom stereocenters. The summed E-state index contributed by atoms with van der Waals surface area (Å²) in [4.78, 5) is 14.1. The molecule has 0 aromatic heterocycles. The van der Waals surface area contributed by atoms with Crippen LogP contribution in [0.3, 0.4) is 0 Å². The van der Waals surface area contributed by atoms with Crippen molar-refractivity contribution in [3.8, 4) is 0 Å². The van der Waals surface area contributed by atoms with Gasteiger partial charge in [-0.3, -0.25) is 0 Å². The number of anilines is 1. The number of fused-ring (bicyclic) bond motifs is 1. The first-order chi connectivity index (χ1) is 15.0. The van der Waals surface area contributed by atoms with E-state index in [0.717, 1.165) is 11.1 Å². The van der Waals surface area contributed by atoms with Crippen LogP contribution in [-0.2, 0) is 17.8 Å². The SMILES string of the molecule is O=C(O)[C@H](Cc1ccccc1)N(Cc1ccc(F)cc1)c1ccc(F)c2ccccc12. The largest absolute Gasteiger partial charge is 0.480 e. The molecular weight excluding hydrogens is 396 g/mol. The van der Waals surface area contributed by atoms with Crippen LogP contribution in [0.4, 0.5) is 14.5 Å². The van der Waals surface area contributed by atoms with Crippen LogP contribution in [0.5, 0.6) is 0 Å². The number of aliphatic carboxylic acids is 1. The minimum absolute atomic E-state index is 0.236. The van der Waals surface area contributed by atoms with Gasteiger partial charge in [-0.05, 0) is 35.4 Å². The number of hydrogen-bond donors (Lipinski definition) is 1. The van der Waals surface area contributed by atoms with E-state index in [4.69, 9.17) is 0 Å². The van der Waals surface area contributed by atoms with E-state index < -0.39 is 12.0 Å². The van der Waals surface area contributed by atoms with E-state index in [0.29, 0.717) is 16.5 Å². The Labute approximate surface area is 179 Å². The first-order valence-electron chi connectivity index (χ1n) is 9.98. The molecule has 0 aliphatic heterocycles. The zero-order valence-electron chi connectivity index (χ0n) is 16.7. The minimum Gasteiger partial charge on any atom is -0.480 e. The average Bonchev–Trinajstić information content (AvgIpc) is 2.79. The van der Waals surface area contributed by atoms with Crippen LogP contribution in [0.25, 0.3) is 10.8 Å². The summed E-state index contributed by atoms with van der Waals surface area (Å²) < 4.78 is 27.9. The molecule has 0 aliphatic rings. The van der Waals surface area contributed by atoms with Crippen LogP contribution < -0.4 is 4.90 Å². The van der Waals surface area contributed by atoms with Gasteiger partial charge in [0.2, 0.25) is 0 Å². The van der Waals surface area contributed by atoms with Crippen molar-refractivity contribution in [1.29, 1.82) is 0 Å². The highest BCUT2D eigenvalue weighted by Gasteiger charge is 2.28. The van der Waals surface area contributed by atoms with Gasteiger partial charge in [0.25, 0.3) is 0 Å². The predicted molar refractivity (Wildman–Crippen MR) is 118 cm³/mol. The van der Waals surface area contributed by atoms with Crippen molar-refractivity contribution < 1.29 is 18.7 Å². The number of halogens is 2. The van der Waals surface area contributed by atoms with Crippen molar-refractivity contribution in [2.45, 2.75) is 19.0 Å². The summed E-state index contributed by atoms with van der Waals surface area (Å²) in [6, 6.07) is 24.4. The van der Waals surface area contributed by atoms with Gasteiger partial charge in [0, 0.05) is 29.4 Å². The van der Waals surface area contributed by atoms with Crippen LogP contribution in [-0.4, -0.2) is 17.1 Å². The fourth-order valence-electron chi connectivity index (χ4n) is 3.81. The van der Waals surface area contributed by atoms with Crippen molar-refractivity contribution in [2.24, 2.45) is 0 Å². The fourth-order valence-corrected chi connectivity index (χ4v) is 3.81. The average molecular weight is 417 g/mol. The van der Waals surface area contributed by atoms with E-state index in [1.165, 1.54) is 18.2 Å². The molecule has 0 radical (unpaired) electrons. The Kier molecular flexibility index (Phi) is 5.94. The molecule has 0 saturated carbocycles. The van der Waals surface area contributed by atoms with Gasteiger partial charge in [-0.1, -0.05) is 66.7 Å². The molecule has 31 heavy (non-hydrogen) atoms. The lowest BCUT2D eigenvalue weighted by atomic mass is 10.0. The number of hydrogen-bond acceptors (Lipinski definition) is 2. The second-order valence-electron chi connectivity index (χ2n) is 7.41. The highest BCUT2D eigenvalue weighted by Crippen LogP contribution is 2.32. The third kappa shape index (κ3) is 4.56. The van der Waals surface area contributed by atoms with E-state index in [9.17, 15) is 18.7 Å². The molecule has 156 valence electrons. The zero-order chi connectivity index (χ0) is 21.8. The molecule has 0 aliphatic carbocycles. The molecule has 0 fully saturated rings. The minimum atomic E-state index is -0.987. The normalized spacial score (nSPS) is 11.9. The third-order valence-electron chi connectivity index (χ3n) is 5.36. The predicted octanol–water partition coefficient (Wildman–Crippen LogP) is 5.82. The lowest BCUT2D eigenvalue weighted by Gasteiger charge is -2.32. The summed E-state index contributed by atoms with van der Waals surface area (Å²) in [5, 5.41) is 11.2. The van der Waals surface area contributed by atoms with Crippen molar-refractivity contribution in [3.05, 3.63) is 114 Å². The summed E-state index contributed by atoms with van der Waals surface area (Å²) in [5.74, 6) is -1.71. The molecule has 5 heteroatoms. The van der Waals surface area contributed by atoms with Gasteiger partial charge in [-0.2, -0.15) is 0 Å². The molecule has 0 amide bonds. The summed E-state index contributed by atoms with van der Waals surface area (Å²) in [7, 11) is 0. The number of carbonyl (C=O) groups is 1. The third-order valence-corrected chi connectivity index (χ3v) is 5.36. The Morgan fingerprint density at radius 2 is 1.42 bits per heavy atom. The topological polar surface area (TPSA) is 40.5 Å². The van der Waals surface area contributed by atoms with Crippen LogP contribution in [0.1, 0.15) is 11.1 Å². The lowest BCUT2D eigenvalue weighted by Crippen LogP contribution is -2.42. The zero-order valence-corrected chi connectivity index (χ0v) is 16.7. The van der Waals surface area contributed by atoms with Gasteiger partial charge in [-0.15, -0.1) is 0 Å². The van der Waals surface area contributed by atoms with Crippen LogP contribution in [0.2, 0.25) is 0 Å². The van der Waals surface area contributed by atoms with Gasteiger partial charge >= 0.3 is 5.97 Å². The Bertz CT molecular complexity index is 1190. The van der Waals surface area contributed by atoms with Gasteiger partial charge in [0.15, 0.2) is 0 Å². The van der Waals surface area contributed by atoms with Gasteiger partial charge in [-0.25, -0.2) is 13.6 Å². The second-order valence-corrected chi connectivity index (χ2v) is 7.41. The smallest absolute Gasteiger partial charge is 0.326 e. The number of carboxylic acids is 1. The Morgan fingerprint density at radius 1 is 0.774 bits per heavy atom. The molecule has 4 aromatic carbocycles. The molecule has 3 nitrogen and oxygen atoms in total. The van der Waals surface area contributed by atoms with E-state index >= 15 is 0 Å². The maximum Gasteiger partial charge on any atom is 0.326 e. The number of rotatable bonds is 7. The van der Waals surface area contributed by atoms with Crippen molar-refractivity contribution in [1.82, 2.24) is 0 Å². The number of nitrogens with zero attached hydrogens (tertiary/aromatic N) is 1. The monoisotopic (exact) mass is 417 g/mol. The van der Waals surface area contributed by atoms with Crippen molar-refractivity contribution in [2.75, 3.05) is 4.90 Å². The molecule has 0 saturated heterocycles. The number of benzene rings is 4. The Morgan fingerprint density at radius 3 is 2.10 bits per heavy atom. The quantitative estimate of drug-likeness (QED) is 0.412. The summed E-state index contributed by atoms with van der Waals surface area (Å²) >= 11 is 0. The second kappa shape index (κ2) is 8.96. The van der Waals surface area contributed by atoms with Gasteiger partial charge in [0.1, 0.15) is 17.7 Å². The molecule has 1 N–H and O–H groups in total.